The van der Waals surface area contributed by atoms with E-state index < -0.39 is 5.82 Å². The Kier molecular flexibility index (Phi) is 5.28. The van der Waals surface area contributed by atoms with E-state index in [2.05, 4.69) is 20.8 Å². The fourth-order valence-corrected chi connectivity index (χ4v) is 1.62. The molecule has 0 radical (unpaired) electrons. The Balaban J connectivity index is 1.93. The number of methoxy groups -OCH3 is 1. The van der Waals surface area contributed by atoms with E-state index in [-0.39, 0.29) is 6.01 Å². The molecule has 0 aliphatic heterocycles. The number of ether oxygens (including phenoxy) is 1. The average Bonchev–Trinajstić information content (AvgIpc) is 2.87. The van der Waals surface area contributed by atoms with Gasteiger partial charge in [-0.2, -0.15) is 0 Å². The molecule has 0 unspecified atom stereocenters. The molecule has 0 fully saturated rings. The van der Waals surface area contributed by atoms with Crippen molar-refractivity contribution in [3.8, 4) is 0 Å². The minimum Gasteiger partial charge on any atom is -0.406 e. The van der Waals surface area contributed by atoms with Gasteiger partial charge in [-0.25, -0.2) is 4.39 Å². The van der Waals surface area contributed by atoms with E-state index in [4.69, 9.17) is 20.8 Å². The zero-order valence-electron chi connectivity index (χ0n) is 10.8. The van der Waals surface area contributed by atoms with Crippen LogP contribution in [0.1, 0.15) is 5.89 Å². The second kappa shape index (κ2) is 7.18. The molecular weight excluding hydrogens is 287 g/mol. The van der Waals surface area contributed by atoms with Crippen molar-refractivity contribution in [1.82, 2.24) is 15.5 Å². The Bertz CT molecular complexity index is 564. The van der Waals surface area contributed by atoms with Crippen LogP contribution >= 0.6 is 11.6 Å². The third-order valence-electron chi connectivity index (χ3n) is 2.40. The topological polar surface area (TPSA) is 72.2 Å². The van der Waals surface area contributed by atoms with Crippen molar-refractivity contribution >= 4 is 23.3 Å². The van der Waals surface area contributed by atoms with Gasteiger partial charge in [0.1, 0.15) is 5.82 Å². The lowest BCUT2D eigenvalue weighted by molar-refractivity contribution is 0.198. The van der Waals surface area contributed by atoms with Crippen molar-refractivity contribution in [2.75, 3.05) is 25.6 Å². The second-order valence-corrected chi connectivity index (χ2v) is 4.33. The molecule has 1 heterocycles. The monoisotopic (exact) mass is 300 g/mol. The van der Waals surface area contributed by atoms with Crippen LogP contribution < -0.4 is 10.6 Å². The van der Waals surface area contributed by atoms with Gasteiger partial charge in [-0.15, -0.1) is 5.10 Å². The van der Waals surface area contributed by atoms with Crippen LogP contribution in [-0.2, 0) is 11.3 Å². The quantitative estimate of drug-likeness (QED) is 0.765. The summed E-state index contributed by atoms with van der Waals surface area (Å²) in [7, 11) is 1.62. The summed E-state index contributed by atoms with van der Waals surface area (Å²) in [6.07, 6.45) is 0. The normalized spacial score (nSPS) is 10.8. The maximum atomic E-state index is 13.1. The number of benzene rings is 1. The van der Waals surface area contributed by atoms with Gasteiger partial charge in [0.25, 0.3) is 0 Å². The molecule has 0 saturated carbocycles. The molecule has 0 saturated heterocycles. The van der Waals surface area contributed by atoms with Crippen molar-refractivity contribution in [3.05, 3.63) is 34.9 Å². The molecule has 2 N–H and O–H groups in total. The summed E-state index contributed by atoms with van der Waals surface area (Å²) in [6, 6.07) is 4.12. The predicted molar refractivity (Wildman–Crippen MR) is 72.6 cm³/mol. The molecule has 108 valence electrons. The summed E-state index contributed by atoms with van der Waals surface area (Å²) in [5, 5.41) is 13.8. The van der Waals surface area contributed by atoms with Crippen LogP contribution in [0.15, 0.2) is 22.6 Å². The van der Waals surface area contributed by atoms with Gasteiger partial charge < -0.3 is 19.8 Å². The molecule has 0 atom stereocenters. The minimum absolute atomic E-state index is 0.154. The van der Waals surface area contributed by atoms with E-state index in [1.54, 1.807) is 7.11 Å². The Hall–Kier alpha value is -1.70. The molecule has 6 nitrogen and oxygen atoms in total. The maximum absolute atomic E-state index is 13.1. The molecule has 2 rings (SSSR count). The summed E-state index contributed by atoms with van der Waals surface area (Å²) >= 11 is 5.93. The molecule has 0 amide bonds. The van der Waals surface area contributed by atoms with Gasteiger partial charge in [0, 0.05) is 13.7 Å². The lowest BCUT2D eigenvalue weighted by Crippen LogP contribution is -2.18. The van der Waals surface area contributed by atoms with Gasteiger partial charge in [-0.05, 0) is 18.2 Å². The molecule has 2 aromatic rings. The van der Waals surface area contributed by atoms with Crippen molar-refractivity contribution < 1.29 is 13.5 Å². The van der Waals surface area contributed by atoms with E-state index in [1.165, 1.54) is 18.2 Å². The molecular formula is C12H14ClFN4O2. The van der Waals surface area contributed by atoms with Gasteiger partial charge >= 0.3 is 6.01 Å². The lowest BCUT2D eigenvalue weighted by atomic mass is 10.3. The fourth-order valence-electron chi connectivity index (χ4n) is 1.45. The lowest BCUT2D eigenvalue weighted by Gasteiger charge is -2.03. The summed E-state index contributed by atoms with van der Waals surface area (Å²) in [5.41, 5.74) is 0.370. The number of rotatable bonds is 7. The number of hydrogen-bond acceptors (Lipinski definition) is 6. The number of nitrogens with one attached hydrogen (secondary N) is 2. The van der Waals surface area contributed by atoms with Crippen LogP contribution in [-0.4, -0.2) is 30.5 Å². The number of halogens is 2. The Morgan fingerprint density at radius 1 is 1.40 bits per heavy atom. The van der Waals surface area contributed by atoms with E-state index in [0.29, 0.717) is 36.3 Å². The van der Waals surface area contributed by atoms with Gasteiger partial charge in [0.05, 0.1) is 23.9 Å². The van der Waals surface area contributed by atoms with Crippen LogP contribution in [0.4, 0.5) is 16.1 Å². The summed E-state index contributed by atoms with van der Waals surface area (Å²) < 4.78 is 23.3. The Morgan fingerprint density at radius 2 is 2.25 bits per heavy atom. The van der Waals surface area contributed by atoms with Crippen molar-refractivity contribution in [2.45, 2.75) is 6.54 Å². The number of aromatic nitrogens is 2. The molecule has 20 heavy (non-hydrogen) atoms. The van der Waals surface area contributed by atoms with Gasteiger partial charge in [0.15, 0.2) is 0 Å². The van der Waals surface area contributed by atoms with E-state index >= 15 is 0 Å². The molecule has 0 aliphatic rings. The standard InChI is InChI=1S/C12H14ClFN4O2/c1-19-5-4-15-7-11-17-18-12(20-11)16-10-6-8(14)2-3-9(10)13/h2-3,6,15H,4-5,7H2,1H3,(H,16,18). The first-order chi connectivity index (χ1) is 9.69. The number of anilines is 2. The predicted octanol–water partition coefficient (Wildman–Crippen LogP) is 2.34. The summed E-state index contributed by atoms with van der Waals surface area (Å²) in [5.74, 6) is 0.00833. The molecule has 0 spiro atoms. The highest BCUT2D eigenvalue weighted by Gasteiger charge is 2.08. The van der Waals surface area contributed by atoms with Crippen molar-refractivity contribution in [1.29, 1.82) is 0 Å². The Labute approximate surface area is 120 Å². The zero-order chi connectivity index (χ0) is 14.4. The van der Waals surface area contributed by atoms with Crippen molar-refractivity contribution in [2.24, 2.45) is 0 Å². The van der Waals surface area contributed by atoms with Crippen LogP contribution in [0.5, 0.6) is 0 Å². The highest BCUT2D eigenvalue weighted by atomic mass is 35.5. The molecule has 0 aliphatic carbocycles. The van der Waals surface area contributed by atoms with E-state index in [1.807, 2.05) is 0 Å². The van der Waals surface area contributed by atoms with Gasteiger partial charge in [0.2, 0.25) is 5.89 Å². The zero-order valence-corrected chi connectivity index (χ0v) is 11.6. The van der Waals surface area contributed by atoms with Crippen molar-refractivity contribution in [3.63, 3.8) is 0 Å². The van der Waals surface area contributed by atoms with Crippen LogP contribution in [0.2, 0.25) is 5.02 Å². The third-order valence-corrected chi connectivity index (χ3v) is 2.73. The minimum atomic E-state index is -0.405. The van der Waals surface area contributed by atoms with E-state index in [0.717, 1.165) is 0 Å². The third kappa shape index (κ3) is 4.16. The number of nitrogens with zero attached hydrogens (tertiary/aromatic N) is 2. The van der Waals surface area contributed by atoms with Crippen LogP contribution in [0.3, 0.4) is 0 Å². The SMILES string of the molecule is COCCNCc1nnc(Nc2cc(F)ccc2Cl)o1. The summed E-state index contributed by atoms with van der Waals surface area (Å²) in [4.78, 5) is 0. The molecule has 0 bridgehead atoms. The highest BCUT2D eigenvalue weighted by Crippen LogP contribution is 2.25. The van der Waals surface area contributed by atoms with Gasteiger partial charge in [-0.1, -0.05) is 16.7 Å². The first kappa shape index (κ1) is 14.7. The highest BCUT2D eigenvalue weighted by molar-refractivity contribution is 6.33. The van der Waals surface area contributed by atoms with E-state index in [9.17, 15) is 4.39 Å². The Morgan fingerprint density at radius 3 is 3.05 bits per heavy atom. The average molecular weight is 301 g/mol. The first-order valence-electron chi connectivity index (χ1n) is 5.93. The smallest absolute Gasteiger partial charge is 0.320 e. The number of hydrogen-bond donors (Lipinski definition) is 2. The molecule has 1 aromatic heterocycles. The first-order valence-corrected chi connectivity index (χ1v) is 6.31. The second-order valence-electron chi connectivity index (χ2n) is 3.92. The molecule has 1 aromatic carbocycles. The maximum Gasteiger partial charge on any atom is 0.320 e. The van der Waals surface area contributed by atoms with Crippen LogP contribution in [0, 0.1) is 5.82 Å². The van der Waals surface area contributed by atoms with Gasteiger partial charge in [-0.3, -0.25) is 0 Å². The molecule has 8 heteroatoms. The summed E-state index contributed by atoms with van der Waals surface area (Å²) in [6.45, 7) is 1.70. The van der Waals surface area contributed by atoms with Crippen LogP contribution in [0.25, 0.3) is 0 Å². The largest absolute Gasteiger partial charge is 0.406 e. The fraction of sp³-hybridized carbons (Fsp3) is 0.333.